The van der Waals surface area contributed by atoms with Crippen molar-refractivity contribution in [2.24, 2.45) is 4.99 Å². The van der Waals surface area contributed by atoms with E-state index in [2.05, 4.69) is 20.6 Å². The molecule has 0 atom stereocenters. The zero-order valence-electron chi connectivity index (χ0n) is 20.5. The molecule has 2 aromatic carbocycles. The number of methoxy groups -OCH3 is 3. The SMILES string of the molecule is CCOC(=O)c1ccc(NC(=NCc2ccncc2)NC(=O)c2cc(OC)c(OC)c(OC)c2)cc1. The number of aliphatic imine (C=N–C) groups is 1. The van der Waals surface area contributed by atoms with E-state index in [1.807, 2.05) is 12.1 Å². The van der Waals surface area contributed by atoms with Gasteiger partial charge in [-0.1, -0.05) is 0 Å². The summed E-state index contributed by atoms with van der Waals surface area (Å²) >= 11 is 0. The summed E-state index contributed by atoms with van der Waals surface area (Å²) < 4.78 is 21.0. The van der Waals surface area contributed by atoms with E-state index in [1.54, 1.807) is 55.7 Å². The molecule has 10 nitrogen and oxygen atoms in total. The van der Waals surface area contributed by atoms with Crippen LogP contribution >= 0.6 is 0 Å². The molecule has 1 aromatic heterocycles. The van der Waals surface area contributed by atoms with Crippen LogP contribution in [0.2, 0.25) is 0 Å². The Kier molecular flexibility index (Phi) is 9.21. The van der Waals surface area contributed by atoms with Crippen molar-refractivity contribution < 1.29 is 28.5 Å². The highest BCUT2D eigenvalue weighted by molar-refractivity contribution is 6.10. The predicted octanol–water partition coefficient (Wildman–Crippen LogP) is 3.68. The number of benzene rings is 2. The molecule has 0 aliphatic rings. The molecule has 3 aromatic rings. The first-order valence-electron chi connectivity index (χ1n) is 11.1. The standard InChI is InChI=1S/C26H28N4O6/c1-5-36-25(32)18-6-8-20(9-7-18)29-26(28-16-17-10-12-27-13-11-17)30-24(31)19-14-21(33-2)23(35-4)22(15-19)34-3/h6-15H,5,16H2,1-4H3,(H2,28,29,30,31). The van der Waals surface area contributed by atoms with Crippen LogP contribution in [0.1, 0.15) is 33.2 Å². The third kappa shape index (κ3) is 6.72. The lowest BCUT2D eigenvalue weighted by molar-refractivity contribution is 0.0526. The molecule has 188 valence electrons. The van der Waals surface area contributed by atoms with Crippen LogP contribution < -0.4 is 24.8 Å². The Morgan fingerprint density at radius 3 is 2.08 bits per heavy atom. The van der Waals surface area contributed by atoms with Crippen LogP contribution in [0.15, 0.2) is 65.9 Å². The summed E-state index contributed by atoms with van der Waals surface area (Å²) in [6.07, 6.45) is 3.33. The van der Waals surface area contributed by atoms with Crippen molar-refractivity contribution in [3.05, 3.63) is 77.6 Å². The van der Waals surface area contributed by atoms with Gasteiger partial charge in [-0.2, -0.15) is 0 Å². The van der Waals surface area contributed by atoms with Gasteiger partial charge in [-0.05, 0) is 61.0 Å². The van der Waals surface area contributed by atoms with Gasteiger partial charge < -0.3 is 24.3 Å². The number of carbonyl (C=O) groups excluding carboxylic acids is 2. The van der Waals surface area contributed by atoms with Crippen LogP contribution in [0, 0.1) is 0 Å². The van der Waals surface area contributed by atoms with Gasteiger partial charge in [0.15, 0.2) is 11.5 Å². The van der Waals surface area contributed by atoms with Gasteiger partial charge in [0.1, 0.15) is 0 Å². The first-order chi connectivity index (χ1) is 17.5. The zero-order chi connectivity index (χ0) is 25.9. The third-order valence-electron chi connectivity index (χ3n) is 4.99. The average molecular weight is 493 g/mol. The molecule has 3 rings (SSSR count). The van der Waals surface area contributed by atoms with E-state index in [0.717, 1.165) is 5.56 Å². The number of carbonyl (C=O) groups is 2. The first kappa shape index (κ1) is 26.0. The van der Waals surface area contributed by atoms with Crippen LogP contribution in [0.25, 0.3) is 0 Å². The summed E-state index contributed by atoms with van der Waals surface area (Å²) in [5.41, 5.74) is 2.21. The van der Waals surface area contributed by atoms with Crippen LogP contribution in [-0.4, -0.2) is 50.8 Å². The van der Waals surface area contributed by atoms with Crippen molar-refractivity contribution in [1.82, 2.24) is 10.3 Å². The highest BCUT2D eigenvalue weighted by Crippen LogP contribution is 2.38. The second kappa shape index (κ2) is 12.7. The lowest BCUT2D eigenvalue weighted by atomic mass is 10.1. The van der Waals surface area contributed by atoms with Crippen molar-refractivity contribution in [1.29, 1.82) is 0 Å². The Labute approximate surface area is 209 Å². The molecule has 0 unspecified atom stereocenters. The normalized spacial score (nSPS) is 10.8. The maximum absolute atomic E-state index is 13.2. The van der Waals surface area contributed by atoms with E-state index in [9.17, 15) is 9.59 Å². The third-order valence-corrected chi connectivity index (χ3v) is 4.99. The number of hydrogen-bond acceptors (Lipinski definition) is 8. The summed E-state index contributed by atoms with van der Waals surface area (Å²) in [6.45, 7) is 2.33. The quantitative estimate of drug-likeness (QED) is 0.264. The molecule has 1 heterocycles. The molecule has 0 radical (unpaired) electrons. The average Bonchev–Trinajstić information content (AvgIpc) is 2.91. The molecule has 0 bridgehead atoms. The second-order valence-electron chi connectivity index (χ2n) is 7.31. The maximum atomic E-state index is 13.2. The van der Waals surface area contributed by atoms with Gasteiger partial charge >= 0.3 is 5.97 Å². The Morgan fingerprint density at radius 2 is 1.53 bits per heavy atom. The van der Waals surface area contributed by atoms with Gasteiger partial charge in [-0.15, -0.1) is 0 Å². The number of guanidine groups is 1. The van der Waals surface area contributed by atoms with Crippen LogP contribution in [0.4, 0.5) is 5.69 Å². The monoisotopic (exact) mass is 492 g/mol. The van der Waals surface area contributed by atoms with Gasteiger partial charge in [0.25, 0.3) is 5.91 Å². The van der Waals surface area contributed by atoms with Crippen molar-refractivity contribution in [2.75, 3.05) is 33.3 Å². The molecule has 0 saturated carbocycles. The predicted molar refractivity (Wildman–Crippen MR) is 135 cm³/mol. The summed E-state index contributed by atoms with van der Waals surface area (Å²) in [6, 6.07) is 13.4. The summed E-state index contributed by atoms with van der Waals surface area (Å²) in [4.78, 5) is 33.6. The number of ether oxygens (including phenoxy) is 4. The van der Waals surface area contributed by atoms with E-state index < -0.39 is 11.9 Å². The fourth-order valence-corrected chi connectivity index (χ4v) is 3.20. The molecule has 1 amide bonds. The van der Waals surface area contributed by atoms with Crippen LogP contribution in [0.3, 0.4) is 0 Å². The van der Waals surface area contributed by atoms with Gasteiger partial charge in [0.2, 0.25) is 11.7 Å². The fourth-order valence-electron chi connectivity index (χ4n) is 3.20. The van der Waals surface area contributed by atoms with Crippen molar-refractivity contribution >= 4 is 23.5 Å². The summed E-state index contributed by atoms with van der Waals surface area (Å²) in [5.74, 6) is 0.418. The first-order valence-corrected chi connectivity index (χ1v) is 11.1. The number of rotatable bonds is 9. The molecule has 0 spiro atoms. The van der Waals surface area contributed by atoms with Gasteiger partial charge in [-0.25, -0.2) is 9.79 Å². The number of nitrogens with one attached hydrogen (secondary N) is 2. The Morgan fingerprint density at radius 1 is 0.889 bits per heavy atom. The number of esters is 1. The lowest BCUT2D eigenvalue weighted by Crippen LogP contribution is -2.36. The van der Waals surface area contributed by atoms with E-state index in [1.165, 1.54) is 21.3 Å². The minimum Gasteiger partial charge on any atom is -0.493 e. The van der Waals surface area contributed by atoms with Crippen molar-refractivity contribution in [2.45, 2.75) is 13.5 Å². The summed E-state index contributed by atoms with van der Waals surface area (Å²) in [7, 11) is 4.44. The minimum atomic E-state index is -0.446. The van der Waals surface area contributed by atoms with E-state index in [0.29, 0.717) is 35.0 Å². The highest BCUT2D eigenvalue weighted by Gasteiger charge is 2.18. The van der Waals surface area contributed by atoms with Gasteiger partial charge in [0, 0.05) is 23.6 Å². The Balaban J connectivity index is 1.86. The van der Waals surface area contributed by atoms with E-state index >= 15 is 0 Å². The number of hydrogen-bond donors (Lipinski definition) is 2. The number of aromatic nitrogens is 1. The van der Waals surface area contributed by atoms with Crippen LogP contribution in [-0.2, 0) is 11.3 Å². The molecular weight excluding hydrogens is 464 g/mol. The van der Waals surface area contributed by atoms with E-state index in [4.69, 9.17) is 18.9 Å². The van der Waals surface area contributed by atoms with Gasteiger partial charge in [0.05, 0.1) is 40.0 Å². The second-order valence-corrected chi connectivity index (χ2v) is 7.31. The van der Waals surface area contributed by atoms with Crippen LogP contribution in [0.5, 0.6) is 17.2 Å². The maximum Gasteiger partial charge on any atom is 0.338 e. The topological polar surface area (TPSA) is 120 Å². The summed E-state index contributed by atoms with van der Waals surface area (Å²) in [5, 5.41) is 5.88. The number of anilines is 1. The smallest absolute Gasteiger partial charge is 0.338 e. The molecule has 0 aliphatic carbocycles. The number of pyridine rings is 1. The largest absolute Gasteiger partial charge is 0.493 e. The molecular formula is C26H28N4O6. The molecule has 10 heteroatoms. The minimum absolute atomic E-state index is 0.203. The Hall–Kier alpha value is -4.60. The highest BCUT2D eigenvalue weighted by atomic mass is 16.5. The van der Waals surface area contributed by atoms with Crippen molar-refractivity contribution in [3.8, 4) is 17.2 Å². The molecule has 0 saturated heterocycles. The molecule has 0 fully saturated rings. The molecule has 0 aliphatic heterocycles. The zero-order valence-corrected chi connectivity index (χ0v) is 20.5. The molecule has 36 heavy (non-hydrogen) atoms. The van der Waals surface area contributed by atoms with Gasteiger partial charge in [-0.3, -0.25) is 15.1 Å². The van der Waals surface area contributed by atoms with E-state index in [-0.39, 0.29) is 18.1 Å². The number of nitrogens with zero attached hydrogens (tertiary/aromatic N) is 2. The van der Waals surface area contributed by atoms with Crippen molar-refractivity contribution in [3.63, 3.8) is 0 Å². The number of amides is 1. The molecule has 2 N–H and O–H groups in total. The Bertz CT molecular complexity index is 1190. The fraction of sp³-hybridized carbons (Fsp3) is 0.231. The lowest BCUT2D eigenvalue weighted by Gasteiger charge is -2.15.